The first kappa shape index (κ1) is 18.5. The van der Waals surface area contributed by atoms with Gasteiger partial charge in [-0.15, -0.1) is 0 Å². The second-order valence-corrected chi connectivity index (χ2v) is 5.54. The number of carbonyl (C=O) groups excluding carboxylic acids is 1. The molecule has 1 amide bonds. The van der Waals surface area contributed by atoms with Crippen molar-refractivity contribution in [2.75, 3.05) is 19.0 Å². The molecule has 0 unspecified atom stereocenters. The average Bonchev–Trinajstić information content (AvgIpc) is 2.56. The Morgan fingerprint density at radius 3 is 2.64 bits per heavy atom. The molecule has 0 atom stereocenters. The normalized spacial score (nSPS) is 10.2. The molecular formula is C17H17ClN2O5. The van der Waals surface area contributed by atoms with Crippen molar-refractivity contribution < 1.29 is 19.2 Å². The van der Waals surface area contributed by atoms with Crippen LogP contribution in [0.15, 0.2) is 30.3 Å². The van der Waals surface area contributed by atoms with Gasteiger partial charge in [0.1, 0.15) is 0 Å². The van der Waals surface area contributed by atoms with E-state index in [0.29, 0.717) is 29.4 Å². The van der Waals surface area contributed by atoms with Crippen molar-refractivity contribution >= 4 is 28.9 Å². The van der Waals surface area contributed by atoms with Crippen LogP contribution >= 0.6 is 11.6 Å². The lowest BCUT2D eigenvalue weighted by Gasteiger charge is -2.13. The van der Waals surface area contributed by atoms with Gasteiger partial charge in [-0.2, -0.15) is 0 Å². The summed E-state index contributed by atoms with van der Waals surface area (Å²) >= 11 is 6.13. The fraction of sp³-hybridized carbons (Fsp3) is 0.235. The summed E-state index contributed by atoms with van der Waals surface area (Å²) in [5.41, 5.74) is 0.999. The van der Waals surface area contributed by atoms with E-state index in [1.54, 1.807) is 26.0 Å². The Morgan fingerprint density at radius 2 is 2.04 bits per heavy atom. The number of halogens is 1. The van der Waals surface area contributed by atoms with Crippen LogP contribution in [0, 0.1) is 17.0 Å². The summed E-state index contributed by atoms with van der Waals surface area (Å²) in [4.78, 5) is 23.0. The minimum absolute atomic E-state index is 0.0689. The Hall–Kier alpha value is -2.80. The number of nitrogens with one attached hydrogen (secondary N) is 1. The molecule has 0 fully saturated rings. The van der Waals surface area contributed by atoms with E-state index in [0.717, 1.165) is 0 Å². The molecule has 0 saturated carbocycles. The summed E-state index contributed by atoms with van der Waals surface area (Å²) in [6.45, 7) is 3.80. The molecule has 0 aliphatic heterocycles. The predicted octanol–water partition coefficient (Wildman–Crippen LogP) is 4.22. The Morgan fingerprint density at radius 1 is 1.32 bits per heavy atom. The fourth-order valence-corrected chi connectivity index (χ4v) is 2.54. The summed E-state index contributed by atoms with van der Waals surface area (Å²) in [5, 5.41) is 13.9. The van der Waals surface area contributed by atoms with Crippen LogP contribution in [-0.2, 0) is 0 Å². The zero-order chi connectivity index (χ0) is 18.6. The highest BCUT2D eigenvalue weighted by atomic mass is 35.5. The highest BCUT2D eigenvalue weighted by Gasteiger charge is 2.17. The topological polar surface area (TPSA) is 90.7 Å². The smallest absolute Gasteiger partial charge is 0.274 e. The Bertz CT molecular complexity index is 823. The van der Waals surface area contributed by atoms with Gasteiger partial charge in [-0.3, -0.25) is 14.9 Å². The third kappa shape index (κ3) is 4.19. The Balaban J connectivity index is 2.32. The van der Waals surface area contributed by atoms with Crippen LogP contribution in [-0.4, -0.2) is 24.5 Å². The Labute approximate surface area is 149 Å². The van der Waals surface area contributed by atoms with Crippen LogP contribution < -0.4 is 14.8 Å². The van der Waals surface area contributed by atoms with Gasteiger partial charge >= 0.3 is 0 Å². The SMILES string of the molecule is CCOc1cc(C(=O)Nc2ccc(C)c([N+](=O)[O-])c2)cc(Cl)c1OC. The molecule has 0 heterocycles. The van der Waals surface area contributed by atoms with Crippen molar-refractivity contribution in [3.63, 3.8) is 0 Å². The summed E-state index contributed by atoms with van der Waals surface area (Å²) in [5.74, 6) is 0.215. The lowest BCUT2D eigenvalue weighted by Crippen LogP contribution is -2.13. The van der Waals surface area contributed by atoms with Gasteiger partial charge in [0.25, 0.3) is 11.6 Å². The van der Waals surface area contributed by atoms with Crippen molar-refractivity contribution in [1.82, 2.24) is 0 Å². The predicted molar refractivity (Wildman–Crippen MR) is 95.0 cm³/mol. The lowest BCUT2D eigenvalue weighted by atomic mass is 10.1. The number of rotatable bonds is 6. The number of carbonyl (C=O) groups is 1. The first-order valence-electron chi connectivity index (χ1n) is 7.44. The molecule has 0 saturated heterocycles. The molecular weight excluding hydrogens is 348 g/mol. The van der Waals surface area contributed by atoms with Gasteiger partial charge in [0.05, 0.1) is 23.7 Å². The number of ether oxygens (including phenoxy) is 2. The van der Waals surface area contributed by atoms with Crippen LogP contribution in [0.25, 0.3) is 0 Å². The number of hydrogen-bond donors (Lipinski definition) is 1. The molecule has 0 bridgehead atoms. The zero-order valence-corrected chi connectivity index (χ0v) is 14.7. The molecule has 0 aliphatic rings. The van der Waals surface area contributed by atoms with Crippen molar-refractivity contribution in [3.05, 3.63) is 56.6 Å². The van der Waals surface area contributed by atoms with E-state index < -0.39 is 10.8 Å². The van der Waals surface area contributed by atoms with E-state index in [9.17, 15) is 14.9 Å². The molecule has 2 aromatic carbocycles. The van der Waals surface area contributed by atoms with Gasteiger partial charge in [-0.1, -0.05) is 17.7 Å². The zero-order valence-electron chi connectivity index (χ0n) is 14.0. The summed E-state index contributed by atoms with van der Waals surface area (Å²) in [6, 6.07) is 7.42. The van der Waals surface area contributed by atoms with Gasteiger partial charge < -0.3 is 14.8 Å². The highest BCUT2D eigenvalue weighted by Crippen LogP contribution is 2.36. The first-order chi connectivity index (χ1) is 11.9. The summed E-state index contributed by atoms with van der Waals surface area (Å²) in [6.07, 6.45) is 0. The number of nitro benzene ring substituents is 1. The van der Waals surface area contributed by atoms with Gasteiger partial charge in [-0.05, 0) is 32.0 Å². The summed E-state index contributed by atoms with van der Waals surface area (Å²) in [7, 11) is 1.45. The van der Waals surface area contributed by atoms with Crippen LogP contribution in [0.2, 0.25) is 5.02 Å². The van der Waals surface area contributed by atoms with Crippen molar-refractivity contribution in [2.45, 2.75) is 13.8 Å². The van der Waals surface area contributed by atoms with E-state index in [-0.39, 0.29) is 16.3 Å². The largest absolute Gasteiger partial charge is 0.491 e. The van der Waals surface area contributed by atoms with E-state index in [1.807, 2.05) is 0 Å². The highest BCUT2D eigenvalue weighted by molar-refractivity contribution is 6.32. The number of hydrogen-bond acceptors (Lipinski definition) is 5. The van der Waals surface area contributed by atoms with Crippen LogP contribution in [0.4, 0.5) is 11.4 Å². The third-order valence-electron chi connectivity index (χ3n) is 3.44. The molecule has 0 spiro atoms. The molecule has 1 N–H and O–H groups in total. The quantitative estimate of drug-likeness (QED) is 0.612. The maximum absolute atomic E-state index is 12.5. The van der Waals surface area contributed by atoms with E-state index in [4.69, 9.17) is 21.1 Å². The molecule has 25 heavy (non-hydrogen) atoms. The first-order valence-corrected chi connectivity index (χ1v) is 7.81. The molecule has 7 nitrogen and oxygen atoms in total. The maximum atomic E-state index is 12.5. The second-order valence-electron chi connectivity index (χ2n) is 5.13. The number of nitro groups is 1. The summed E-state index contributed by atoms with van der Waals surface area (Å²) < 4.78 is 10.6. The molecule has 0 aliphatic carbocycles. The van der Waals surface area contributed by atoms with Gasteiger partial charge in [0, 0.05) is 22.9 Å². The standard InChI is InChI=1S/C17H17ClN2O5/c1-4-25-15-8-11(7-13(18)16(15)24-3)17(21)19-12-6-5-10(2)14(9-12)20(22)23/h5-9H,4H2,1-3H3,(H,19,21). The van der Waals surface area contributed by atoms with E-state index >= 15 is 0 Å². The number of anilines is 1. The van der Waals surface area contributed by atoms with Crippen LogP contribution in [0.1, 0.15) is 22.8 Å². The molecule has 2 rings (SSSR count). The number of amides is 1. The van der Waals surface area contributed by atoms with E-state index in [1.165, 1.54) is 25.3 Å². The minimum Gasteiger partial charge on any atom is -0.491 e. The number of benzene rings is 2. The van der Waals surface area contributed by atoms with E-state index in [2.05, 4.69) is 5.32 Å². The third-order valence-corrected chi connectivity index (χ3v) is 3.72. The second kappa shape index (κ2) is 7.85. The Kier molecular flexibility index (Phi) is 5.82. The van der Waals surface area contributed by atoms with Gasteiger partial charge in [0.2, 0.25) is 0 Å². The maximum Gasteiger partial charge on any atom is 0.274 e. The number of methoxy groups -OCH3 is 1. The molecule has 0 radical (unpaired) electrons. The van der Waals surface area contributed by atoms with Crippen molar-refractivity contribution in [1.29, 1.82) is 0 Å². The molecule has 132 valence electrons. The average molecular weight is 365 g/mol. The van der Waals surface area contributed by atoms with Crippen LogP contribution in [0.3, 0.4) is 0 Å². The lowest BCUT2D eigenvalue weighted by molar-refractivity contribution is -0.385. The number of nitrogens with zero attached hydrogens (tertiary/aromatic N) is 1. The van der Waals surface area contributed by atoms with Crippen molar-refractivity contribution in [2.24, 2.45) is 0 Å². The van der Waals surface area contributed by atoms with Crippen LogP contribution in [0.5, 0.6) is 11.5 Å². The molecule has 0 aromatic heterocycles. The molecule has 2 aromatic rings. The number of aryl methyl sites for hydroxylation is 1. The van der Waals surface area contributed by atoms with Crippen molar-refractivity contribution in [3.8, 4) is 11.5 Å². The fourth-order valence-electron chi connectivity index (χ4n) is 2.25. The van der Waals surface area contributed by atoms with Gasteiger partial charge in [0.15, 0.2) is 11.5 Å². The molecule has 8 heteroatoms. The monoisotopic (exact) mass is 364 g/mol. The van der Waals surface area contributed by atoms with Gasteiger partial charge in [-0.25, -0.2) is 0 Å². The minimum atomic E-state index is -0.498.